The second kappa shape index (κ2) is 7.79. The van der Waals surface area contributed by atoms with E-state index in [9.17, 15) is 0 Å². The number of ether oxygens (including phenoxy) is 3. The number of halogens is 1. The minimum absolute atomic E-state index is 0.556. The zero-order chi connectivity index (χ0) is 15.1. The van der Waals surface area contributed by atoms with Crippen LogP contribution in [0.1, 0.15) is 12.0 Å². The van der Waals surface area contributed by atoms with Crippen molar-refractivity contribution in [3.8, 4) is 17.2 Å². The maximum absolute atomic E-state index is 6.01. The van der Waals surface area contributed by atoms with Gasteiger partial charge < -0.3 is 14.2 Å². The standard InChI is InChI=1S/C17H19ClO3/c1-19-15-11-14(18)12-16(20-2)17(15)21-10-6-9-13-7-4-3-5-8-13/h3-5,7-8,11-12H,6,9-10H2,1-2H3. The summed E-state index contributed by atoms with van der Waals surface area (Å²) in [4.78, 5) is 0. The average Bonchev–Trinajstić information content (AvgIpc) is 2.52. The summed E-state index contributed by atoms with van der Waals surface area (Å²) in [7, 11) is 3.17. The fourth-order valence-corrected chi connectivity index (χ4v) is 2.28. The molecule has 0 aliphatic carbocycles. The normalized spacial score (nSPS) is 10.2. The molecule has 0 aromatic heterocycles. The highest BCUT2D eigenvalue weighted by molar-refractivity contribution is 6.31. The van der Waals surface area contributed by atoms with Gasteiger partial charge in [0.25, 0.3) is 0 Å². The molecule has 21 heavy (non-hydrogen) atoms. The molecule has 2 rings (SSSR count). The summed E-state index contributed by atoms with van der Waals surface area (Å²) >= 11 is 6.01. The van der Waals surface area contributed by atoms with Crippen molar-refractivity contribution in [2.75, 3.05) is 20.8 Å². The molecule has 0 aliphatic rings. The second-order valence-corrected chi connectivity index (χ2v) is 5.01. The van der Waals surface area contributed by atoms with E-state index >= 15 is 0 Å². The van der Waals surface area contributed by atoms with Crippen LogP contribution in [-0.2, 0) is 6.42 Å². The van der Waals surface area contributed by atoms with Crippen molar-refractivity contribution in [1.29, 1.82) is 0 Å². The van der Waals surface area contributed by atoms with E-state index in [-0.39, 0.29) is 0 Å². The first-order valence-corrected chi connectivity index (χ1v) is 7.20. The van der Waals surface area contributed by atoms with Crippen LogP contribution in [0, 0.1) is 0 Å². The molecule has 0 aliphatic heterocycles. The van der Waals surface area contributed by atoms with Crippen molar-refractivity contribution < 1.29 is 14.2 Å². The van der Waals surface area contributed by atoms with Gasteiger partial charge in [0, 0.05) is 17.2 Å². The summed E-state index contributed by atoms with van der Waals surface area (Å²) in [5.41, 5.74) is 1.30. The first kappa shape index (κ1) is 15.5. The molecule has 0 spiro atoms. The first-order valence-electron chi connectivity index (χ1n) is 6.83. The predicted octanol–water partition coefficient (Wildman–Crippen LogP) is 4.37. The van der Waals surface area contributed by atoms with Crippen LogP contribution in [0.15, 0.2) is 42.5 Å². The van der Waals surface area contributed by atoms with Gasteiger partial charge in [-0.15, -0.1) is 0 Å². The van der Waals surface area contributed by atoms with Crippen molar-refractivity contribution in [3.63, 3.8) is 0 Å². The molecule has 0 unspecified atom stereocenters. The lowest BCUT2D eigenvalue weighted by molar-refractivity contribution is 0.271. The number of methoxy groups -OCH3 is 2. The molecule has 0 bridgehead atoms. The number of benzene rings is 2. The SMILES string of the molecule is COc1cc(Cl)cc(OC)c1OCCCc1ccccc1. The largest absolute Gasteiger partial charge is 0.493 e. The van der Waals surface area contributed by atoms with E-state index in [4.69, 9.17) is 25.8 Å². The summed E-state index contributed by atoms with van der Waals surface area (Å²) in [6.45, 7) is 0.587. The van der Waals surface area contributed by atoms with Crippen LogP contribution in [0.25, 0.3) is 0 Å². The molecule has 0 fully saturated rings. The summed E-state index contributed by atoms with van der Waals surface area (Å²) < 4.78 is 16.4. The third-order valence-corrected chi connectivity index (χ3v) is 3.34. The van der Waals surface area contributed by atoms with Gasteiger partial charge in [0.15, 0.2) is 11.5 Å². The zero-order valence-electron chi connectivity index (χ0n) is 12.3. The highest BCUT2D eigenvalue weighted by atomic mass is 35.5. The van der Waals surface area contributed by atoms with Crippen molar-refractivity contribution in [3.05, 3.63) is 53.1 Å². The second-order valence-electron chi connectivity index (χ2n) is 4.58. The minimum Gasteiger partial charge on any atom is -0.493 e. The van der Waals surface area contributed by atoms with Gasteiger partial charge in [-0.3, -0.25) is 0 Å². The summed E-state index contributed by atoms with van der Waals surface area (Å²) in [5.74, 6) is 1.76. The fraction of sp³-hybridized carbons (Fsp3) is 0.294. The lowest BCUT2D eigenvalue weighted by Crippen LogP contribution is -2.03. The molecule has 0 N–H and O–H groups in total. The average molecular weight is 307 g/mol. The summed E-state index contributed by atoms with van der Waals surface area (Å²) in [6.07, 6.45) is 1.89. The Morgan fingerprint density at radius 2 is 1.57 bits per heavy atom. The molecule has 0 heterocycles. The third kappa shape index (κ3) is 4.30. The van der Waals surface area contributed by atoms with Gasteiger partial charge in [-0.05, 0) is 18.4 Å². The summed E-state index contributed by atoms with van der Waals surface area (Å²) in [5, 5.41) is 0.556. The Morgan fingerprint density at radius 3 is 2.14 bits per heavy atom. The van der Waals surface area contributed by atoms with Crippen LogP contribution < -0.4 is 14.2 Å². The van der Waals surface area contributed by atoms with Crippen LogP contribution in [-0.4, -0.2) is 20.8 Å². The maximum Gasteiger partial charge on any atom is 0.203 e. The molecule has 112 valence electrons. The monoisotopic (exact) mass is 306 g/mol. The van der Waals surface area contributed by atoms with Crippen LogP contribution in [0.2, 0.25) is 5.02 Å². The molecule has 2 aromatic carbocycles. The van der Waals surface area contributed by atoms with E-state index in [1.807, 2.05) is 18.2 Å². The predicted molar refractivity (Wildman–Crippen MR) is 84.8 cm³/mol. The maximum atomic E-state index is 6.01. The molecule has 2 aromatic rings. The van der Waals surface area contributed by atoms with Crippen molar-refractivity contribution in [1.82, 2.24) is 0 Å². The van der Waals surface area contributed by atoms with Gasteiger partial charge in [0.2, 0.25) is 5.75 Å². The Bertz CT molecular complexity index is 544. The Balaban J connectivity index is 1.96. The first-order chi connectivity index (χ1) is 10.2. The van der Waals surface area contributed by atoms with E-state index in [2.05, 4.69) is 12.1 Å². The molecule has 0 amide bonds. The number of hydrogen-bond acceptors (Lipinski definition) is 3. The van der Waals surface area contributed by atoms with Crippen LogP contribution in [0.4, 0.5) is 0 Å². The Kier molecular flexibility index (Phi) is 5.76. The Morgan fingerprint density at radius 1 is 0.952 bits per heavy atom. The number of hydrogen-bond donors (Lipinski definition) is 0. The van der Waals surface area contributed by atoms with E-state index in [0.29, 0.717) is 28.9 Å². The lowest BCUT2D eigenvalue weighted by atomic mass is 10.1. The number of aryl methyl sites for hydroxylation is 1. The smallest absolute Gasteiger partial charge is 0.203 e. The highest BCUT2D eigenvalue weighted by Gasteiger charge is 2.13. The molecule has 3 nitrogen and oxygen atoms in total. The van der Waals surface area contributed by atoms with E-state index in [1.54, 1.807) is 26.4 Å². The van der Waals surface area contributed by atoms with Gasteiger partial charge in [-0.25, -0.2) is 0 Å². The van der Waals surface area contributed by atoms with E-state index < -0.39 is 0 Å². The van der Waals surface area contributed by atoms with Crippen molar-refractivity contribution in [2.45, 2.75) is 12.8 Å². The van der Waals surface area contributed by atoms with E-state index in [1.165, 1.54) is 5.56 Å². The molecule has 0 radical (unpaired) electrons. The van der Waals surface area contributed by atoms with Crippen LogP contribution in [0.3, 0.4) is 0 Å². The Hall–Kier alpha value is -1.87. The molecular weight excluding hydrogens is 288 g/mol. The van der Waals surface area contributed by atoms with Gasteiger partial charge >= 0.3 is 0 Å². The van der Waals surface area contributed by atoms with Crippen molar-refractivity contribution >= 4 is 11.6 Å². The van der Waals surface area contributed by atoms with Gasteiger partial charge in [0.1, 0.15) is 0 Å². The molecule has 0 saturated heterocycles. The summed E-state index contributed by atoms with van der Waals surface area (Å²) in [6, 6.07) is 13.8. The minimum atomic E-state index is 0.556. The molecule has 0 saturated carbocycles. The van der Waals surface area contributed by atoms with Gasteiger partial charge in [0.05, 0.1) is 20.8 Å². The van der Waals surface area contributed by atoms with E-state index in [0.717, 1.165) is 12.8 Å². The highest BCUT2D eigenvalue weighted by Crippen LogP contribution is 2.40. The van der Waals surface area contributed by atoms with Crippen LogP contribution >= 0.6 is 11.6 Å². The Labute approximate surface area is 130 Å². The lowest BCUT2D eigenvalue weighted by Gasteiger charge is -2.14. The molecule has 0 atom stereocenters. The van der Waals surface area contributed by atoms with Crippen molar-refractivity contribution in [2.24, 2.45) is 0 Å². The quantitative estimate of drug-likeness (QED) is 0.711. The number of rotatable bonds is 7. The topological polar surface area (TPSA) is 27.7 Å². The zero-order valence-corrected chi connectivity index (χ0v) is 13.0. The van der Waals surface area contributed by atoms with Gasteiger partial charge in [-0.2, -0.15) is 0 Å². The van der Waals surface area contributed by atoms with Gasteiger partial charge in [-0.1, -0.05) is 41.9 Å². The fourth-order valence-electron chi connectivity index (χ4n) is 2.09. The third-order valence-electron chi connectivity index (χ3n) is 3.12. The van der Waals surface area contributed by atoms with Crippen LogP contribution in [0.5, 0.6) is 17.2 Å². The molecule has 4 heteroatoms. The molecular formula is C17H19ClO3.